The van der Waals surface area contributed by atoms with Crippen LogP contribution in [-0.4, -0.2) is 24.7 Å². The molecule has 108 valence electrons. The number of hydrogen-bond donors (Lipinski definition) is 1. The van der Waals surface area contributed by atoms with Crippen LogP contribution in [0.3, 0.4) is 0 Å². The zero-order valence-electron chi connectivity index (χ0n) is 12.6. The Morgan fingerprint density at radius 3 is 2.63 bits per heavy atom. The summed E-state index contributed by atoms with van der Waals surface area (Å²) in [7, 11) is 1.65. The number of aromatic nitrogens is 1. The third-order valence-corrected chi connectivity index (χ3v) is 3.33. The molecule has 0 bridgehead atoms. The van der Waals surface area contributed by atoms with Crippen LogP contribution in [0.15, 0.2) is 18.3 Å². The van der Waals surface area contributed by atoms with E-state index in [1.165, 1.54) is 37.7 Å². The van der Waals surface area contributed by atoms with Crippen LogP contribution < -0.4 is 10.1 Å². The summed E-state index contributed by atoms with van der Waals surface area (Å²) in [5.41, 5.74) is 1.28. The van der Waals surface area contributed by atoms with Gasteiger partial charge in [-0.25, -0.2) is 4.98 Å². The Labute approximate surface area is 117 Å². The minimum absolute atomic E-state index is 0.571. The van der Waals surface area contributed by atoms with E-state index in [0.29, 0.717) is 11.9 Å². The van der Waals surface area contributed by atoms with Gasteiger partial charge >= 0.3 is 0 Å². The van der Waals surface area contributed by atoms with E-state index in [9.17, 15) is 0 Å². The van der Waals surface area contributed by atoms with E-state index in [1.54, 1.807) is 7.11 Å². The highest BCUT2D eigenvalue weighted by atomic mass is 16.5. The first-order chi connectivity index (χ1) is 9.30. The Kier molecular flexibility index (Phi) is 8.23. The molecule has 1 heterocycles. The summed E-state index contributed by atoms with van der Waals surface area (Å²) in [6.07, 6.45) is 9.34. The molecule has 0 aliphatic heterocycles. The van der Waals surface area contributed by atoms with Crippen molar-refractivity contribution in [2.24, 2.45) is 0 Å². The molecule has 1 aromatic rings. The maximum absolute atomic E-state index is 5.09. The summed E-state index contributed by atoms with van der Waals surface area (Å²) in [5, 5.41) is 3.65. The van der Waals surface area contributed by atoms with Crippen molar-refractivity contribution in [2.45, 2.75) is 58.4 Å². The van der Waals surface area contributed by atoms with E-state index < -0.39 is 0 Å². The van der Waals surface area contributed by atoms with Crippen molar-refractivity contribution >= 4 is 0 Å². The number of methoxy groups -OCH3 is 1. The lowest BCUT2D eigenvalue weighted by atomic mass is 10.0. The minimum Gasteiger partial charge on any atom is -0.481 e. The third-order valence-electron chi connectivity index (χ3n) is 3.33. The highest BCUT2D eigenvalue weighted by Crippen LogP contribution is 2.12. The van der Waals surface area contributed by atoms with Gasteiger partial charge in [0.2, 0.25) is 5.88 Å². The van der Waals surface area contributed by atoms with Crippen molar-refractivity contribution in [1.82, 2.24) is 10.3 Å². The molecule has 0 aromatic carbocycles. The molecular formula is C16H28N2O. The Morgan fingerprint density at radius 2 is 2.05 bits per heavy atom. The standard InChI is InChI=1S/C16H28N2O/c1-4-6-7-8-15(17-11-5-2)12-14-9-10-16(19-3)18-13-14/h9-10,13,15,17H,4-8,11-12H2,1-3H3. The summed E-state index contributed by atoms with van der Waals surface area (Å²) in [6.45, 7) is 5.56. The van der Waals surface area contributed by atoms with Crippen LogP contribution in [0.1, 0.15) is 51.5 Å². The van der Waals surface area contributed by atoms with Crippen LogP contribution in [-0.2, 0) is 6.42 Å². The fourth-order valence-electron chi connectivity index (χ4n) is 2.20. The number of nitrogens with one attached hydrogen (secondary N) is 1. The molecule has 0 amide bonds. The highest BCUT2D eigenvalue weighted by Gasteiger charge is 2.09. The van der Waals surface area contributed by atoms with Crippen molar-refractivity contribution in [3.8, 4) is 5.88 Å². The van der Waals surface area contributed by atoms with Gasteiger partial charge in [0.1, 0.15) is 0 Å². The molecule has 0 spiro atoms. The fraction of sp³-hybridized carbons (Fsp3) is 0.688. The SMILES string of the molecule is CCCCCC(Cc1ccc(OC)nc1)NCCC. The molecule has 0 aliphatic rings. The zero-order valence-corrected chi connectivity index (χ0v) is 12.6. The molecule has 1 aromatic heterocycles. The Morgan fingerprint density at radius 1 is 1.21 bits per heavy atom. The normalized spacial score (nSPS) is 12.4. The molecule has 19 heavy (non-hydrogen) atoms. The first kappa shape index (κ1) is 16.0. The smallest absolute Gasteiger partial charge is 0.212 e. The summed E-state index contributed by atoms with van der Waals surface area (Å²) in [5.74, 6) is 0.688. The Bertz CT molecular complexity index is 324. The van der Waals surface area contributed by atoms with Gasteiger partial charge in [-0.05, 0) is 31.4 Å². The molecule has 0 fully saturated rings. The molecule has 1 atom stereocenters. The Hall–Kier alpha value is -1.09. The van der Waals surface area contributed by atoms with Gasteiger partial charge in [-0.3, -0.25) is 0 Å². The van der Waals surface area contributed by atoms with E-state index in [2.05, 4.69) is 30.2 Å². The monoisotopic (exact) mass is 264 g/mol. The van der Waals surface area contributed by atoms with Gasteiger partial charge < -0.3 is 10.1 Å². The van der Waals surface area contributed by atoms with Crippen molar-refractivity contribution in [3.05, 3.63) is 23.9 Å². The number of hydrogen-bond acceptors (Lipinski definition) is 3. The van der Waals surface area contributed by atoms with Gasteiger partial charge in [-0.15, -0.1) is 0 Å². The second-order valence-corrected chi connectivity index (χ2v) is 5.06. The molecule has 0 aliphatic carbocycles. The topological polar surface area (TPSA) is 34.1 Å². The quantitative estimate of drug-likeness (QED) is 0.656. The van der Waals surface area contributed by atoms with Crippen molar-refractivity contribution in [3.63, 3.8) is 0 Å². The largest absolute Gasteiger partial charge is 0.481 e. The fourth-order valence-corrected chi connectivity index (χ4v) is 2.20. The maximum Gasteiger partial charge on any atom is 0.212 e. The predicted molar refractivity (Wildman–Crippen MR) is 80.7 cm³/mol. The molecule has 1 rings (SSSR count). The second kappa shape index (κ2) is 9.79. The number of pyridine rings is 1. The van der Waals surface area contributed by atoms with Crippen molar-refractivity contribution < 1.29 is 4.74 Å². The van der Waals surface area contributed by atoms with E-state index in [1.807, 2.05) is 12.3 Å². The average Bonchev–Trinajstić information content (AvgIpc) is 2.45. The van der Waals surface area contributed by atoms with E-state index in [-0.39, 0.29) is 0 Å². The average molecular weight is 264 g/mol. The number of nitrogens with zero attached hydrogens (tertiary/aromatic N) is 1. The minimum atomic E-state index is 0.571. The summed E-state index contributed by atoms with van der Waals surface area (Å²) in [6, 6.07) is 4.63. The first-order valence-electron chi connectivity index (χ1n) is 7.52. The van der Waals surface area contributed by atoms with Gasteiger partial charge in [-0.2, -0.15) is 0 Å². The van der Waals surface area contributed by atoms with E-state index in [4.69, 9.17) is 4.74 Å². The lowest BCUT2D eigenvalue weighted by molar-refractivity contribution is 0.397. The highest BCUT2D eigenvalue weighted by molar-refractivity contribution is 5.18. The van der Waals surface area contributed by atoms with Crippen LogP contribution >= 0.6 is 0 Å². The molecule has 0 saturated carbocycles. The molecule has 3 heteroatoms. The van der Waals surface area contributed by atoms with Gasteiger partial charge in [0.25, 0.3) is 0 Å². The lowest BCUT2D eigenvalue weighted by Gasteiger charge is -2.18. The predicted octanol–water partition coefficient (Wildman–Crippen LogP) is 3.58. The number of unbranched alkanes of at least 4 members (excludes halogenated alkanes) is 2. The van der Waals surface area contributed by atoms with Crippen molar-refractivity contribution in [1.29, 1.82) is 0 Å². The molecule has 0 radical (unpaired) electrons. The molecule has 1 unspecified atom stereocenters. The van der Waals surface area contributed by atoms with Gasteiger partial charge in [0.15, 0.2) is 0 Å². The molecule has 3 nitrogen and oxygen atoms in total. The Balaban J connectivity index is 2.48. The van der Waals surface area contributed by atoms with Crippen LogP contribution in [0.25, 0.3) is 0 Å². The van der Waals surface area contributed by atoms with Crippen LogP contribution in [0.5, 0.6) is 5.88 Å². The zero-order chi connectivity index (χ0) is 13.9. The summed E-state index contributed by atoms with van der Waals surface area (Å²) >= 11 is 0. The van der Waals surface area contributed by atoms with Gasteiger partial charge in [-0.1, -0.05) is 39.2 Å². The maximum atomic E-state index is 5.09. The van der Waals surface area contributed by atoms with Crippen LogP contribution in [0.2, 0.25) is 0 Å². The third kappa shape index (κ3) is 6.58. The number of ether oxygens (including phenoxy) is 1. The summed E-state index contributed by atoms with van der Waals surface area (Å²) < 4.78 is 5.09. The second-order valence-electron chi connectivity index (χ2n) is 5.06. The van der Waals surface area contributed by atoms with Crippen LogP contribution in [0, 0.1) is 0 Å². The first-order valence-corrected chi connectivity index (χ1v) is 7.52. The molecule has 0 saturated heterocycles. The molecular weight excluding hydrogens is 236 g/mol. The van der Waals surface area contributed by atoms with E-state index >= 15 is 0 Å². The summed E-state index contributed by atoms with van der Waals surface area (Å²) in [4.78, 5) is 4.28. The van der Waals surface area contributed by atoms with Crippen molar-refractivity contribution in [2.75, 3.05) is 13.7 Å². The lowest BCUT2D eigenvalue weighted by Crippen LogP contribution is -2.31. The van der Waals surface area contributed by atoms with Crippen LogP contribution in [0.4, 0.5) is 0 Å². The van der Waals surface area contributed by atoms with Gasteiger partial charge in [0.05, 0.1) is 7.11 Å². The van der Waals surface area contributed by atoms with E-state index in [0.717, 1.165) is 13.0 Å². The number of rotatable bonds is 10. The molecule has 1 N–H and O–H groups in total. The van der Waals surface area contributed by atoms with Gasteiger partial charge in [0, 0.05) is 18.3 Å².